The first kappa shape index (κ1) is 18.9. The molecule has 0 radical (unpaired) electrons. The van der Waals surface area contributed by atoms with Gasteiger partial charge in [-0.15, -0.1) is 10.2 Å². The summed E-state index contributed by atoms with van der Waals surface area (Å²) in [5.41, 5.74) is 3.37. The molecule has 1 N–H and O–H groups in total. The molecule has 4 aromatic rings. The number of nitrogens with zero attached hydrogens (tertiary/aromatic N) is 3. The number of rotatable bonds is 5. The summed E-state index contributed by atoms with van der Waals surface area (Å²) in [5, 5.41) is 11.9. The fraction of sp³-hybridized carbons (Fsp3) is 0.0952. The lowest BCUT2D eigenvalue weighted by molar-refractivity contribution is 0.102. The Hall–Kier alpha value is -3.39. The van der Waals surface area contributed by atoms with Crippen LogP contribution in [0.5, 0.6) is 11.5 Å². The zero-order chi connectivity index (χ0) is 20.4. The van der Waals surface area contributed by atoms with E-state index >= 15 is 0 Å². The molecule has 0 saturated carbocycles. The van der Waals surface area contributed by atoms with E-state index in [-0.39, 0.29) is 5.91 Å². The molecule has 1 heterocycles. The van der Waals surface area contributed by atoms with Crippen molar-refractivity contribution in [1.82, 2.24) is 15.0 Å². The van der Waals surface area contributed by atoms with Crippen molar-refractivity contribution in [2.75, 3.05) is 19.5 Å². The Balaban J connectivity index is 1.57. The van der Waals surface area contributed by atoms with Gasteiger partial charge in [0.15, 0.2) is 0 Å². The Morgan fingerprint density at radius 1 is 0.931 bits per heavy atom. The number of halogens is 1. The molecule has 0 fully saturated rings. The van der Waals surface area contributed by atoms with E-state index in [4.69, 9.17) is 9.47 Å². The van der Waals surface area contributed by atoms with Gasteiger partial charge in [0.1, 0.15) is 22.5 Å². The van der Waals surface area contributed by atoms with Crippen LogP contribution in [0.2, 0.25) is 0 Å². The summed E-state index contributed by atoms with van der Waals surface area (Å²) in [4.78, 5) is 14.1. The molecule has 0 saturated heterocycles. The van der Waals surface area contributed by atoms with Crippen LogP contribution in [0.25, 0.3) is 16.7 Å². The monoisotopic (exact) mass is 452 g/mol. The van der Waals surface area contributed by atoms with Crippen LogP contribution >= 0.6 is 15.9 Å². The van der Waals surface area contributed by atoms with E-state index in [2.05, 4.69) is 31.4 Å². The van der Waals surface area contributed by atoms with E-state index < -0.39 is 0 Å². The molecule has 146 valence electrons. The van der Waals surface area contributed by atoms with Crippen LogP contribution in [0, 0.1) is 0 Å². The summed E-state index contributed by atoms with van der Waals surface area (Å²) in [5.74, 6) is 1.20. The third-order valence-electron chi connectivity index (χ3n) is 4.36. The molecule has 7 nitrogen and oxygen atoms in total. The number of carbonyl (C=O) groups excluding carboxylic acids is 1. The van der Waals surface area contributed by atoms with Crippen LogP contribution in [0.15, 0.2) is 65.1 Å². The third-order valence-corrected chi connectivity index (χ3v) is 4.98. The summed E-state index contributed by atoms with van der Waals surface area (Å²) in [6.07, 6.45) is 0. The minimum absolute atomic E-state index is 0.227. The number of anilines is 1. The highest BCUT2D eigenvalue weighted by Gasteiger charge is 2.11. The van der Waals surface area contributed by atoms with Gasteiger partial charge in [-0.05, 0) is 76.6 Å². The summed E-state index contributed by atoms with van der Waals surface area (Å²) >= 11 is 3.39. The van der Waals surface area contributed by atoms with E-state index in [1.165, 1.54) is 0 Å². The molecule has 0 spiro atoms. The Labute approximate surface area is 175 Å². The second kappa shape index (κ2) is 7.92. The van der Waals surface area contributed by atoms with Gasteiger partial charge in [0.25, 0.3) is 5.91 Å². The lowest BCUT2D eigenvalue weighted by atomic mass is 10.2. The smallest absolute Gasteiger partial charge is 0.255 e. The second-order valence-corrected chi connectivity index (χ2v) is 7.05. The normalized spacial score (nSPS) is 10.7. The lowest BCUT2D eigenvalue weighted by Gasteiger charge is -2.07. The first-order valence-corrected chi connectivity index (χ1v) is 9.53. The number of amides is 1. The number of aromatic nitrogens is 3. The summed E-state index contributed by atoms with van der Waals surface area (Å²) in [6.45, 7) is 0. The Bertz CT molecular complexity index is 1190. The maximum atomic E-state index is 12.6. The van der Waals surface area contributed by atoms with Crippen LogP contribution in [-0.2, 0) is 0 Å². The molecular formula is C21H17BrN4O3. The van der Waals surface area contributed by atoms with Crippen molar-refractivity contribution in [2.24, 2.45) is 0 Å². The SMILES string of the molecule is COc1ccc(-n2nc3ccc(NC(=O)c4ccc(OC)c(Br)c4)cc3n2)cc1. The molecule has 8 heteroatoms. The van der Waals surface area contributed by atoms with Crippen molar-refractivity contribution in [3.8, 4) is 17.2 Å². The van der Waals surface area contributed by atoms with Crippen molar-refractivity contribution in [3.05, 3.63) is 70.7 Å². The Kier molecular flexibility index (Phi) is 5.18. The number of fused-ring (bicyclic) bond motifs is 1. The highest BCUT2D eigenvalue weighted by Crippen LogP contribution is 2.26. The average Bonchev–Trinajstić information content (AvgIpc) is 3.17. The van der Waals surface area contributed by atoms with Crippen molar-refractivity contribution in [3.63, 3.8) is 0 Å². The van der Waals surface area contributed by atoms with Gasteiger partial charge in [0.2, 0.25) is 0 Å². The molecule has 1 aromatic heterocycles. The van der Waals surface area contributed by atoms with E-state index in [1.54, 1.807) is 49.3 Å². The molecule has 1 amide bonds. The summed E-state index contributed by atoms with van der Waals surface area (Å²) < 4.78 is 11.1. The fourth-order valence-corrected chi connectivity index (χ4v) is 3.37. The van der Waals surface area contributed by atoms with Gasteiger partial charge in [0, 0.05) is 11.3 Å². The summed E-state index contributed by atoms with van der Waals surface area (Å²) in [7, 11) is 3.20. The van der Waals surface area contributed by atoms with Crippen LogP contribution < -0.4 is 14.8 Å². The molecule has 0 atom stereocenters. The van der Waals surface area contributed by atoms with Gasteiger partial charge in [-0.2, -0.15) is 4.80 Å². The van der Waals surface area contributed by atoms with Gasteiger partial charge in [-0.3, -0.25) is 4.79 Å². The van der Waals surface area contributed by atoms with Crippen LogP contribution in [0.3, 0.4) is 0 Å². The molecule has 29 heavy (non-hydrogen) atoms. The van der Waals surface area contributed by atoms with E-state index in [9.17, 15) is 4.79 Å². The molecule has 4 rings (SSSR count). The summed E-state index contributed by atoms with van der Waals surface area (Å²) in [6, 6.07) is 18.0. The van der Waals surface area contributed by atoms with Gasteiger partial charge < -0.3 is 14.8 Å². The maximum absolute atomic E-state index is 12.6. The second-order valence-electron chi connectivity index (χ2n) is 6.19. The Morgan fingerprint density at radius 2 is 1.69 bits per heavy atom. The van der Waals surface area contributed by atoms with Crippen molar-refractivity contribution in [2.45, 2.75) is 0 Å². The minimum atomic E-state index is -0.227. The number of carbonyl (C=O) groups is 1. The number of benzene rings is 3. The highest BCUT2D eigenvalue weighted by atomic mass is 79.9. The van der Waals surface area contributed by atoms with Crippen LogP contribution in [0.4, 0.5) is 5.69 Å². The average molecular weight is 453 g/mol. The molecular weight excluding hydrogens is 436 g/mol. The number of methoxy groups -OCH3 is 2. The number of hydrogen-bond acceptors (Lipinski definition) is 5. The van der Waals surface area contributed by atoms with Crippen molar-refractivity contribution in [1.29, 1.82) is 0 Å². The van der Waals surface area contributed by atoms with Gasteiger partial charge in [-0.25, -0.2) is 0 Å². The topological polar surface area (TPSA) is 78.3 Å². The zero-order valence-electron chi connectivity index (χ0n) is 15.7. The van der Waals surface area contributed by atoms with E-state index in [0.29, 0.717) is 27.0 Å². The van der Waals surface area contributed by atoms with Crippen molar-refractivity contribution >= 4 is 38.6 Å². The largest absolute Gasteiger partial charge is 0.497 e. The lowest BCUT2D eigenvalue weighted by Crippen LogP contribution is -2.11. The number of ether oxygens (including phenoxy) is 2. The van der Waals surface area contributed by atoms with Gasteiger partial charge >= 0.3 is 0 Å². The van der Waals surface area contributed by atoms with E-state index in [0.717, 1.165) is 17.0 Å². The standard InChI is InChI=1S/C21H17BrN4O3/c1-28-16-7-5-15(6-8-16)26-24-18-9-4-14(12-19(18)25-26)23-21(27)13-3-10-20(29-2)17(22)11-13/h3-12H,1-2H3,(H,23,27). The molecule has 3 aromatic carbocycles. The maximum Gasteiger partial charge on any atom is 0.255 e. The molecule has 0 unspecified atom stereocenters. The van der Waals surface area contributed by atoms with Gasteiger partial charge in [-0.1, -0.05) is 0 Å². The highest BCUT2D eigenvalue weighted by molar-refractivity contribution is 9.10. The molecule has 0 aliphatic rings. The Morgan fingerprint density at radius 3 is 2.38 bits per heavy atom. The van der Waals surface area contributed by atoms with Crippen molar-refractivity contribution < 1.29 is 14.3 Å². The van der Waals surface area contributed by atoms with Gasteiger partial charge in [0.05, 0.1) is 24.4 Å². The van der Waals surface area contributed by atoms with Crippen LogP contribution in [-0.4, -0.2) is 35.1 Å². The predicted octanol–water partition coefficient (Wildman–Crippen LogP) is 4.45. The number of nitrogens with one attached hydrogen (secondary N) is 1. The quantitative estimate of drug-likeness (QED) is 0.483. The first-order valence-electron chi connectivity index (χ1n) is 8.74. The zero-order valence-corrected chi connectivity index (χ0v) is 17.3. The molecule has 0 aliphatic heterocycles. The first-order chi connectivity index (χ1) is 14.1. The number of hydrogen-bond donors (Lipinski definition) is 1. The van der Waals surface area contributed by atoms with Crippen LogP contribution in [0.1, 0.15) is 10.4 Å². The fourth-order valence-electron chi connectivity index (χ4n) is 2.83. The molecule has 0 aliphatic carbocycles. The third kappa shape index (κ3) is 3.93. The predicted molar refractivity (Wildman–Crippen MR) is 114 cm³/mol. The minimum Gasteiger partial charge on any atom is -0.497 e. The van der Waals surface area contributed by atoms with E-state index in [1.807, 2.05) is 30.3 Å². The molecule has 0 bridgehead atoms.